The first-order chi connectivity index (χ1) is 21.1. The fourth-order valence-corrected chi connectivity index (χ4v) is 9.17. The molecule has 0 unspecified atom stereocenters. The van der Waals surface area contributed by atoms with Crippen molar-refractivity contribution in [3.05, 3.63) is 77.1 Å². The van der Waals surface area contributed by atoms with Crippen molar-refractivity contribution in [1.82, 2.24) is 15.0 Å². The molecule has 2 aromatic carbocycles. The highest BCUT2D eigenvalue weighted by molar-refractivity contribution is 8.15. The minimum absolute atomic E-state index is 0.102. The Balaban J connectivity index is 2.09. The topological polar surface area (TPSA) is 134 Å². The Labute approximate surface area is 278 Å². The van der Waals surface area contributed by atoms with E-state index in [0.717, 1.165) is 23.5 Å². The number of aromatic nitrogens is 3. The fourth-order valence-electron chi connectivity index (χ4n) is 3.45. The van der Waals surface area contributed by atoms with Gasteiger partial charge in [0.2, 0.25) is 5.28 Å². The molecule has 0 aliphatic carbocycles. The lowest BCUT2D eigenvalue weighted by molar-refractivity contribution is 0.142. The monoisotopic (exact) mass is 713 g/mol. The molecule has 0 N–H and O–H groups in total. The molecule has 0 atom stereocenters. The zero-order valence-electron chi connectivity index (χ0n) is 26.4. The van der Waals surface area contributed by atoms with Crippen LogP contribution >= 0.6 is 50.6 Å². The van der Waals surface area contributed by atoms with Crippen molar-refractivity contribution in [1.29, 1.82) is 0 Å². The molecule has 0 radical (unpaired) electrons. The molecule has 0 aliphatic rings. The van der Waals surface area contributed by atoms with Crippen molar-refractivity contribution < 1.29 is 27.2 Å². The molecule has 0 spiro atoms. The Morgan fingerprint density at radius 3 is 1.20 bits per heavy atom. The van der Waals surface area contributed by atoms with Crippen LogP contribution in [0.4, 0.5) is 0 Å². The van der Waals surface area contributed by atoms with Gasteiger partial charge in [-0.1, -0.05) is 60.7 Å². The second-order valence-electron chi connectivity index (χ2n) is 10.5. The molecule has 244 valence electrons. The van der Waals surface area contributed by atoms with Crippen LogP contribution in [0.15, 0.2) is 80.5 Å². The minimum Gasteiger partial charge on any atom is -0.288 e. The van der Waals surface area contributed by atoms with E-state index in [1.807, 2.05) is 36.4 Å². The Morgan fingerprint density at radius 1 is 0.600 bits per heavy atom. The minimum atomic E-state index is -3.94. The fraction of sp³-hybridized carbons (Fsp3) is 0.414. The predicted octanol–water partition coefficient (Wildman–Crippen LogP) is 9.52. The third-order valence-electron chi connectivity index (χ3n) is 4.79. The van der Waals surface area contributed by atoms with Crippen LogP contribution in [0.2, 0.25) is 5.28 Å². The van der Waals surface area contributed by atoms with Gasteiger partial charge in [-0.05, 0) is 90.5 Å². The molecule has 0 saturated heterocycles. The van der Waals surface area contributed by atoms with Crippen molar-refractivity contribution in [2.45, 2.75) is 90.1 Å². The largest absolute Gasteiger partial charge is 0.455 e. The van der Waals surface area contributed by atoms with E-state index in [1.54, 1.807) is 79.7 Å². The zero-order valence-corrected chi connectivity index (χ0v) is 30.5. The van der Waals surface area contributed by atoms with Crippen LogP contribution < -0.4 is 0 Å². The number of hydrogen-bond donors (Lipinski definition) is 0. The van der Waals surface area contributed by atoms with Gasteiger partial charge < -0.3 is 0 Å². The summed E-state index contributed by atoms with van der Waals surface area (Å²) in [6, 6.07) is 18.2. The Bertz CT molecular complexity index is 1420. The zero-order chi connectivity index (χ0) is 33.2. The van der Waals surface area contributed by atoms with E-state index in [1.165, 1.54) is 0 Å². The first kappa shape index (κ1) is 37.5. The summed E-state index contributed by atoms with van der Waals surface area (Å²) in [6.45, 7) is 14.0. The average Bonchev–Trinajstić information content (AvgIpc) is 2.91. The molecule has 0 bridgehead atoms. The van der Waals surface area contributed by atoms with Gasteiger partial charge in [-0.25, -0.2) is 9.13 Å². The van der Waals surface area contributed by atoms with Gasteiger partial charge in [-0.3, -0.25) is 18.1 Å². The highest BCUT2D eigenvalue weighted by Gasteiger charge is 2.31. The van der Waals surface area contributed by atoms with E-state index >= 15 is 0 Å². The standard InChI is InChI=1S/C29H38ClN5O6P2S2/c1-19(2)38-42(36,39-20(3)4)34-25(23-15-11-9-12-16-23)44-28-31-27(30)32-29(33-28)45-26(24-17-13-10-14-18-24)35-43(37,40-21(5)6)41-22(7)8/h9-22H,1-8H3/b34-25-,35-26+. The number of halogens is 1. The lowest BCUT2D eigenvalue weighted by atomic mass is 10.2. The van der Waals surface area contributed by atoms with Crippen LogP contribution in [0.5, 0.6) is 0 Å². The van der Waals surface area contributed by atoms with Crippen molar-refractivity contribution in [2.24, 2.45) is 9.53 Å². The van der Waals surface area contributed by atoms with E-state index in [-0.39, 0.29) is 25.7 Å². The Hall–Kier alpha value is -1.92. The number of rotatable bonds is 14. The molecule has 0 amide bonds. The van der Waals surface area contributed by atoms with Gasteiger partial charge in [0.05, 0.1) is 24.4 Å². The first-order valence-electron chi connectivity index (χ1n) is 14.2. The quantitative estimate of drug-likeness (QED) is 0.0684. The molecule has 3 rings (SSSR count). The molecule has 16 heteroatoms. The highest BCUT2D eigenvalue weighted by atomic mass is 35.5. The van der Waals surface area contributed by atoms with E-state index < -0.39 is 39.9 Å². The van der Waals surface area contributed by atoms with Crippen LogP contribution in [0.25, 0.3) is 0 Å². The van der Waals surface area contributed by atoms with Gasteiger partial charge in [0, 0.05) is 11.1 Å². The summed E-state index contributed by atoms with van der Waals surface area (Å²) in [7, 11) is -7.89. The SMILES string of the molecule is CC(C)OP(=O)(/N=C(\Sc1nc(Cl)nc(S/C(=N/P(=O)(OC(C)C)OC(C)C)c2ccccc2)n1)c1ccccc1)OC(C)C. The Morgan fingerprint density at radius 2 is 0.911 bits per heavy atom. The average molecular weight is 714 g/mol. The molecule has 11 nitrogen and oxygen atoms in total. The summed E-state index contributed by atoms with van der Waals surface area (Å²) < 4.78 is 59.1. The van der Waals surface area contributed by atoms with E-state index in [0.29, 0.717) is 11.1 Å². The normalized spacial score (nSPS) is 13.4. The van der Waals surface area contributed by atoms with Crippen molar-refractivity contribution in [3.63, 3.8) is 0 Å². The van der Waals surface area contributed by atoms with Crippen LogP contribution in [0, 0.1) is 0 Å². The second kappa shape index (κ2) is 17.3. The summed E-state index contributed by atoms with van der Waals surface area (Å²) in [5.41, 5.74) is 1.27. The summed E-state index contributed by atoms with van der Waals surface area (Å²) in [5, 5.41) is 0.794. The van der Waals surface area contributed by atoms with Crippen LogP contribution in [-0.4, -0.2) is 49.5 Å². The first-order valence-corrected chi connectivity index (χ1v) is 19.2. The molecule has 1 heterocycles. The third-order valence-corrected chi connectivity index (χ3v) is 10.6. The maximum atomic E-state index is 13.7. The van der Waals surface area contributed by atoms with Crippen LogP contribution in [0.1, 0.15) is 66.5 Å². The Kier molecular flexibility index (Phi) is 14.4. The van der Waals surface area contributed by atoms with Crippen molar-refractivity contribution in [2.75, 3.05) is 0 Å². The highest BCUT2D eigenvalue weighted by Crippen LogP contribution is 2.54. The van der Waals surface area contributed by atoms with Gasteiger partial charge in [0.15, 0.2) is 10.3 Å². The third kappa shape index (κ3) is 13.0. The number of benzene rings is 2. The summed E-state index contributed by atoms with van der Waals surface area (Å²) in [4.78, 5) is 13.1. The van der Waals surface area contributed by atoms with Gasteiger partial charge in [0.25, 0.3) is 0 Å². The van der Waals surface area contributed by atoms with Gasteiger partial charge in [-0.2, -0.15) is 24.5 Å². The van der Waals surface area contributed by atoms with Crippen molar-refractivity contribution in [3.8, 4) is 0 Å². The molecule has 1 aromatic heterocycles. The van der Waals surface area contributed by atoms with Gasteiger partial charge in [0.1, 0.15) is 10.1 Å². The molecule has 0 saturated carbocycles. The molecular weight excluding hydrogens is 676 g/mol. The van der Waals surface area contributed by atoms with Crippen molar-refractivity contribution >= 4 is 60.7 Å². The summed E-state index contributed by atoms with van der Waals surface area (Å²) in [6.07, 6.45) is -1.66. The predicted molar refractivity (Wildman–Crippen MR) is 183 cm³/mol. The van der Waals surface area contributed by atoms with Gasteiger partial charge >= 0.3 is 15.5 Å². The molecule has 0 aliphatic heterocycles. The second-order valence-corrected chi connectivity index (χ2v) is 15.8. The van der Waals surface area contributed by atoms with Crippen LogP contribution in [-0.2, 0) is 27.2 Å². The molecule has 3 aromatic rings. The van der Waals surface area contributed by atoms with Gasteiger partial charge in [-0.15, -0.1) is 0 Å². The van der Waals surface area contributed by atoms with E-state index in [2.05, 4.69) is 24.5 Å². The van der Waals surface area contributed by atoms with E-state index in [9.17, 15) is 9.13 Å². The lowest BCUT2D eigenvalue weighted by Crippen LogP contribution is -2.09. The van der Waals surface area contributed by atoms with E-state index in [4.69, 9.17) is 29.7 Å². The number of thioether (sulfide) groups is 2. The molecule has 0 fully saturated rings. The number of nitrogens with zero attached hydrogens (tertiary/aromatic N) is 5. The lowest BCUT2D eigenvalue weighted by Gasteiger charge is -2.20. The van der Waals surface area contributed by atoms with Crippen LogP contribution in [0.3, 0.4) is 0 Å². The number of hydrogen-bond acceptors (Lipinski definition) is 11. The molecule has 45 heavy (non-hydrogen) atoms. The molecular formula is C29H38ClN5O6P2S2. The summed E-state index contributed by atoms with van der Waals surface area (Å²) in [5.74, 6) is 0. The smallest absolute Gasteiger partial charge is 0.288 e. The maximum Gasteiger partial charge on any atom is 0.455 e. The summed E-state index contributed by atoms with van der Waals surface area (Å²) >= 11 is 8.41. The maximum absolute atomic E-state index is 13.7.